The lowest BCUT2D eigenvalue weighted by Gasteiger charge is -2.04. The average molecular weight is 250 g/mol. The molecule has 2 N–H and O–H groups in total. The maximum Gasteiger partial charge on any atom is 0.258 e. The third-order valence-corrected chi connectivity index (χ3v) is 2.63. The van der Waals surface area contributed by atoms with Crippen molar-refractivity contribution < 1.29 is 4.79 Å². The molecule has 4 nitrogen and oxygen atoms in total. The lowest BCUT2D eigenvalue weighted by atomic mass is 10.1. The molecule has 88 valence electrons. The Morgan fingerprint density at radius 3 is 2.71 bits per heavy atom. The molecule has 0 radical (unpaired) electrons. The van der Waals surface area contributed by atoms with Gasteiger partial charge in [0.25, 0.3) is 5.91 Å². The van der Waals surface area contributed by atoms with E-state index in [4.69, 9.17) is 11.6 Å². The highest BCUT2D eigenvalue weighted by atomic mass is 35.5. The molecule has 0 fully saturated rings. The third-order valence-electron chi connectivity index (χ3n) is 2.32. The fourth-order valence-corrected chi connectivity index (χ4v) is 1.79. The van der Waals surface area contributed by atoms with E-state index in [0.717, 1.165) is 11.3 Å². The predicted molar refractivity (Wildman–Crippen MR) is 67.5 cm³/mol. The minimum absolute atomic E-state index is 0.262. The van der Waals surface area contributed by atoms with Gasteiger partial charge in [-0.3, -0.25) is 9.89 Å². The summed E-state index contributed by atoms with van der Waals surface area (Å²) in [5, 5.41) is 9.79. The lowest BCUT2D eigenvalue weighted by Crippen LogP contribution is -2.12. The average Bonchev–Trinajstić information content (AvgIpc) is 2.63. The van der Waals surface area contributed by atoms with E-state index in [1.807, 2.05) is 19.9 Å². The van der Waals surface area contributed by atoms with E-state index in [1.165, 1.54) is 0 Å². The van der Waals surface area contributed by atoms with Crippen molar-refractivity contribution in [3.05, 3.63) is 46.1 Å². The summed E-state index contributed by atoms with van der Waals surface area (Å²) in [6.07, 6.45) is 0. The van der Waals surface area contributed by atoms with Crippen molar-refractivity contribution in [1.29, 1.82) is 0 Å². The van der Waals surface area contributed by atoms with Crippen LogP contribution in [0.5, 0.6) is 0 Å². The van der Waals surface area contributed by atoms with E-state index in [2.05, 4.69) is 15.5 Å². The van der Waals surface area contributed by atoms with E-state index in [-0.39, 0.29) is 5.91 Å². The molecule has 0 saturated heterocycles. The Morgan fingerprint density at radius 2 is 2.12 bits per heavy atom. The number of nitrogens with zero attached hydrogens (tertiary/aromatic N) is 1. The maximum absolute atomic E-state index is 11.9. The van der Waals surface area contributed by atoms with Crippen molar-refractivity contribution in [2.75, 3.05) is 5.32 Å². The van der Waals surface area contributed by atoms with Crippen LogP contribution in [-0.4, -0.2) is 16.1 Å². The van der Waals surface area contributed by atoms with Crippen LogP contribution in [0.2, 0.25) is 5.02 Å². The van der Waals surface area contributed by atoms with Crippen LogP contribution in [0.3, 0.4) is 0 Å². The zero-order valence-electron chi connectivity index (χ0n) is 9.54. The number of H-pyrrole nitrogens is 1. The highest BCUT2D eigenvalue weighted by Crippen LogP contribution is 2.18. The molecule has 0 aliphatic heterocycles. The summed E-state index contributed by atoms with van der Waals surface area (Å²) in [5.74, 6) is 0.227. The molecule has 1 aromatic carbocycles. The number of amides is 1. The van der Waals surface area contributed by atoms with E-state index in [1.54, 1.807) is 18.2 Å². The van der Waals surface area contributed by atoms with E-state index < -0.39 is 0 Å². The maximum atomic E-state index is 11.9. The van der Waals surface area contributed by atoms with Gasteiger partial charge in [0.15, 0.2) is 5.82 Å². The van der Waals surface area contributed by atoms with Gasteiger partial charge < -0.3 is 5.32 Å². The molecule has 0 atom stereocenters. The highest BCUT2D eigenvalue weighted by Gasteiger charge is 2.11. The summed E-state index contributed by atoms with van der Waals surface area (Å²) < 4.78 is 0. The summed E-state index contributed by atoms with van der Waals surface area (Å²) in [6, 6.07) is 7.05. The lowest BCUT2D eigenvalue weighted by molar-refractivity contribution is 0.102. The van der Waals surface area contributed by atoms with Crippen LogP contribution in [-0.2, 0) is 0 Å². The topological polar surface area (TPSA) is 57.8 Å². The normalized spacial score (nSPS) is 10.3. The number of aryl methyl sites for hydroxylation is 2. The van der Waals surface area contributed by atoms with Gasteiger partial charge in [-0.25, -0.2) is 0 Å². The zero-order valence-corrected chi connectivity index (χ0v) is 10.3. The zero-order chi connectivity index (χ0) is 12.4. The Hall–Kier alpha value is -1.81. The van der Waals surface area contributed by atoms with Crippen molar-refractivity contribution in [2.45, 2.75) is 13.8 Å². The van der Waals surface area contributed by atoms with E-state index in [9.17, 15) is 4.79 Å². The van der Waals surface area contributed by atoms with Gasteiger partial charge in [-0.05, 0) is 31.5 Å². The standard InChI is InChI=1S/C12H12ClN3O/c1-7-3-4-9(10(13)5-7)12(17)14-11-6-8(2)15-16-11/h3-6H,1-2H3,(H2,14,15,16,17). The first-order valence-corrected chi connectivity index (χ1v) is 5.53. The fraction of sp³-hybridized carbons (Fsp3) is 0.167. The second-order valence-electron chi connectivity index (χ2n) is 3.87. The fourth-order valence-electron chi connectivity index (χ4n) is 1.47. The number of hydrogen-bond acceptors (Lipinski definition) is 2. The largest absolute Gasteiger partial charge is 0.305 e. The number of aromatic nitrogens is 2. The third kappa shape index (κ3) is 2.65. The van der Waals surface area contributed by atoms with Gasteiger partial charge in [-0.1, -0.05) is 17.7 Å². The van der Waals surface area contributed by atoms with Crippen LogP contribution in [0.4, 0.5) is 5.82 Å². The first-order chi connectivity index (χ1) is 8.06. The van der Waals surface area contributed by atoms with E-state index in [0.29, 0.717) is 16.4 Å². The van der Waals surface area contributed by atoms with Crippen molar-refractivity contribution in [1.82, 2.24) is 10.2 Å². The van der Waals surface area contributed by atoms with Crippen molar-refractivity contribution in [2.24, 2.45) is 0 Å². The number of carbonyl (C=O) groups is 1. The van der Waals surface area contributed by atoms with Gasteiger partial charge in [0, 0.05) is 11.8 Å². The molecule has 0 saturated carbocycles. The molecule has 1 aromatic heterocycles. The molecule has 17 heavy (non-hydrogen) atoms. The number of hydrogen-bond donors (Lipinski definition) is 2. The molecule has 0 bridgehead atoms. The predicted octanol–water partition coefficient (Wildman–Crippen LogP) is 2.93. The Labute approximate surface area is 104 Å². The van der Waals surface area contributed by atoms with Crippen LogP contribution in [0.1, 0.15) is 21.6 Å². The van der Waals surface area contributed by atoms with Crippen LogP contribution >= 0.6 is 11.6 Å². The number of carbonyl (C=O) groups excluding carboxylic acids is 1. The molecule has 2 aromatic rings. The number of halogens is 1. The summed E-state index contributed by atoms with van der Waals surface area (Å²) in [5.41, 5.74) is 2.34. The molecule has 0 aliphatic carbocycles. The molecule has 1 heterocycles. The van der Waals surface area contributed by atoms with E-state index >= 15 is 0 Å². The summed E-state index contributed by atoms with van der Waals surface area (Å²) in [4.78, 5) is 11.9. The Morgan fingerprint density at radius 1 is 1.35 bits per heavy atom. The molecular formula is C12H12ClN3O. The van der Waals surface area contributed by atoms with Crippen LogP contribution < -0.4 is 5.32 Å². The molecule has 2 rings (SSSR count). The SMILES string of the molecule is Cc1ccc(C(=O)Nc2cc(C)[nH]n2)c(Cl)c1. The molecular weight excluding hydrogens is 238 g/mol. The first-order valence-electron chi connectivity index (χ1n) is 5.16. The Balaban J connectivity index is 2.20. The minimum Gasteiger partial charge on any atom is -0.305 e. The van der Waals surface area contributed by atoms with Crippen LogP contribution in [0, 0.1) is 13.8 Å². The van der Waals surface area contributed by atoms with Gasteiger partial charge >= 0.3 is 0 Å². The highest BCUT2D eigenvalue weighted by molar-refractivity contribution is 6.34. The monoisotopic (exact) mass is 249 g/mol. The van der Waals surface area contributed by atoms with Crippen molar-refractivity contribution >= 4 is 23.3 Å². The summed E-state index contributed by atoms with van der Waals surface area (Å²) >= 11 is 6.01. The number of benzene rings is 1. The second-order valence-corrected chi connectivity index (χ2v) is 4.28. The smallest absolute Gasteiger partial charge is 0.258 e. The minimum atomic E-state index is -0.262. The van der Waals surface area contributed by atoms with Gasteiger partial charge in [0.1, 0.15) is 0 Å². The van der Waals surface area contributed by atoms with Crippen LogP contribution in [0.15, 0.2) is 24.3 Å². The van der Waals surface area contributed by atoms with Crippen molar-refractivity contribution in [3.8, 4) is 0 Å². The first kappa shape index (κ1) is 11.7. The van der Waals surface area contributed by atoms with Gasteiger partial charge in [-0.2, -0.15) is 5.10 Å². The summed E-state index contributed by atoms with van der Waals surface area (Å²) in [7, 11) is 0. The number of anilines is 1. The van der Waals surface area contributed by atoms with Gasteiger partial charge in [0.2, 0.25) is 0 Å². The number of rotatable bonds is 2. The summed E-state index contributed by atoms with van der Waals surface area (Å²) in [6.45, 7) is 3.78. The molecule has 1 amide bonds. The van der Waals surface area contributed by atoms with Gasteiger partial charge in [-0.15, -0.1) is 0 Å². The Kier molecular flexibility index (Phi) is 3.15. The number of nitrogens with one attached hydrogen (secondary N) is 2. The quantitative estimate of drug-likeness (QED) is 0.860. The number of aromatic amines is 1. The molecule has 0 unspecified atom stereocenters. The Bertz CT molecular complexity index is 563. The van der Waals surface area contributed by atoms with Crippen molar-refractivity contribution in [3.63, 3.8) is 0 Å². The molecule has 5 heteroatoms. The van der Waals surface area contributed by atoms with Crippen LogP contribution in [0.25, 0.3) is 0 Å². The second kappa shape index (κ2) is 4.59. The van der Waals surface area contributed by atoms with Gasteiger partial charge in [0.05, 0.1) is 10.6 Å². The molecule has 0 spiro atoms. The molecule has 0 aliphatic rings.